The maximum atomic E-state index is 11.7. The third kappa shape index (κ3) is 4.85. The number of urea groups is 1. The van der Waals surface area contributed by atoms with Gasteiger partial charge in [-0.2, -0.15) is 0 Å². The van der Waals surface area contributed by atoms with E-state index in [1.165, 1.54) is 0 Å². The van der Waals surface area contributed by atoms with E-state index in [4.69, 9.17) is 5.73 Å². The molecule has 0 saturated heterocycles. The largest absolute Gasteiger partial charge is 0.366 e. The Balaban J connectivity index is 1.69. The van der Waals surface area contributed by atoms with Gasteiger partial charge in [0.15, 0.2) is 0 Å². The number of amides is 3. The number of carbonyl (C=O) groups is 2. The fourth-order valence-corrected chi connectivity index (χ4v) is 2.51. The number of carbonyl (C=O) groups excluding carboxylic acids is 2. The summed E-state index contributed by atoms with van der Waals surface area (Å²) in [5.41, 5.74) is 7.51. The van der Waals surface area contributed by atoms with Gasteiger partial charge >= 0.3 is 6.03 Å². The highest BCUT2D eigenvalue weighted by Crippen LogP contribution is 2.07. The van der Waals surface area contributed by atoms with E-state index in [0.717, 1.165) is 16.3 Å². The van der Waals surface area contributed by atoms with E-state index in [0.29, 0.717) is 25.1 Å². The number of hydrogen-bond donors (Lipinski definition) is 3. The predicted octanol–water partition coefficient (Wildman–Crippen LogP) is 1.59. The average molecular weight is 318 g/mol. The summed E-state index contributed by atoms with van der Waals surface area (Å²) >= 11 is 1.60. The lowest BCUT2D eigenvalue weighted by Crippen LogP contribution is -2.36. The topological polar surface area (TPSA) is 97.1 Å². The molecular formula is C15H18N4O2S. The van der Waals surface area contributed by atoms with E-state index in [1.54, 1.807) is 35.6 Å². The molecule has 0 unspecified atom stereocenters. The average Bonchev–Trinajstić information content (AvgIpc) is 2.91. The van der Waals surface area contributed by atoms with Crippen LogP contribution in [0.5, 0.6) is 0 Å². The molecule has 0 saturated carbocycles. The number of benzene rings is 1. The highest BCUT2D eigenvalue weighted by molar-refractivity contribution is 7.09. The number of thiazole rings is 1. The van der Waals surface area contributed by atoms with Crippen LogP contribution >= 0.6 is 11.3 Å². The normalized spacial score (nSPS) is 10.2. The molecule has 2 rings (SSSR count). The van der Waals surface area contributed by atoms with Gasteiger partial charge in [-0.15, -0.1) is 11.3 Å². The van der Waals surface area contributed by atoms with Gasteiger partial charge in [0, 0.05) is 30.5 Å². The van der Waals surface area contributed by atoms with E-state index in [2.05, 4.69) is 15.6 Å². The van der Waals surface area contributed by atoms with Crippen LogP contribution in [0, 0.1) is 6.92 Å². The number of nitrogens with zero attached hydrogens (tertiary/aromatic N) is 1. The monoisotopic (exact) mass is 318 g/mol. The van der Waals surface area contributed by atoms with E-state index >= 15 is 0 Å². The van der Waals surface area contributed by atoms with E-state index < -0.39 is 5.91 Å². The molecule has 0 aliphatic rings. The summed E-state index contributed by atoms with van der Waals surface area (Å²) in [4.78, 5) is 27.0. The van der Waals surface area contributed by atoms with Crippen LogP contribution in [0.2, 0.25) is 0 Å². The van der Waals surface area contributed by atoms with Crippen LogP contribution in [-0.4, -0.2) is 23.5 Å². The number of nitrogens with one attached hydrogen (secondary N) is 2. The molecule has 1 aromatic carbocycles. The molecular weight excluding hydrogens is 300 g/mol. The lowest BCUT2D eigenvalue weighted by Gasteiger charge is -2.07. The first-order chi connectivity index (χ1) is 10.5. The number of primary amides is 1. The Morgan fingerprint density at radius 3 is 2.55 bits per heavy atom. The van der Waals surface area contributed by atoms with Crippen molar-refractivity contribution in [1.82, 2.24) is 15.6 Å². The Morgan fingerprint density at radius 2 is 1.95 bits per heavy atom. The summed E-state index contributed by atoms with van der Waals surface area (Å²) in [5, 5.41) is 8.56. The molecule has 1 heterocycles. The Morgan fingerprint density at radius 1 is 1.23 bits per heavy atom. The molecule has 0 radical (unpaired) electrons. The Bertz CT molecular complexity index is 652. The lowest BCUT2D eigenvalue weighted by molar-refractivity contribution is 0.1000. The second kappa shape index (κ2) is 7.56. The summed E-state index contributed by atoms with van der Waals surface area (Å²) < 4.78 is 0. The standard InChI is InChI=1S/C15H18N4O2S/c1-10-19-13(9-22-10)6-7-17-15(21)18-8-11-2-4-12(5-3-11)14(16)20/h2-5,9H,6-8H2,1H3,(H2,16,20)(H2,17,18,21). The molecule has 0 spiro atoms. The summed E-state index contributed by atoms with van der Waals surface area (Å²) in [6, 6.07) is 6.58. The van der Waals surface area contributed by atoms with Crippen LogP contribution in [0.4, 0.5) is 4.79 Å². The second-order valence-electron chi connectivity index (χ2n) is 4.78. The molecule has 0 atom stereocenters. The van der Waals surface area contributed by atoms with Crippen molar-refractivity contribution in [2.24, 2.45) is 5.73 Å². The zero-order valence-corrected chi connectivity index (χ0v) is 13.1. The maximum absolute atomic E-state index is 11.7. The van der Waals surface area contributed by atoms with Crippen LogP contribution in [0.1, 0.15) is 26.6 Å². The summed E-state index contributed by atoms with van der Waals surface area (Å²) in [5.74, 6) is -0.463. The van der Waals surface area contributed by atoms with Crippen LogP contribution in [-0.2, 0) is 13.0 Å². The molecule has 0 aliphatic heterocycles. The number of aryl methyl sites for hydroxylation is 1. The molecule has 116 valence electrons. The zero-order chi connectivity index (χ0) is 15.9. The van der Waals surface area contributed by atoms with Crippen LogP contribution in [0.3, 0.4) is 0 Å². The van der Waals surface area contributed by atoms with Crippen molar-refractivity contribution in [2.45, 2.75) is 19.9 Å². The Hall–Kier alpha value is -2.41. The van der Waals surface area contributed by atoms with Crippen molar-refractivity contribution in [1.29, 1.82) is 0 Å². The molecule has 3 amide bonds. The minimum absolute atomic E-state index is 0.231. The van der Waals surface area contributed by atoms with Gasteiger partial charge in [0.1, 0.15) is 0 Å². The predicted molar refractivity (Wildman–Crippen MR) is 85.8 cm³/mol. The highest BCUT2D eigenvalue weighted by atomic mass is 32.1. The van der Waals surface area contributed by atoms with E-state index in [1.807, 2.05) is 12.3 Å². The first-order valence-electron chi connectivity index (χ1n) is 6.86. The molecule has 6 nitrogen and oxygen atoms in total. The van der Waals surface area contributed by atoms with Gasteiger partial charge in [0.2, 0.25) is 5.91 Å². The van der Waals surface area contributed by atoms with Crippen LogP contribution in [0.15, 0.2) is 29.6 Å². The van der Waals surface area contributed by atoms with Crippen molar-refractivity contribution in [3.05, 3.63) is 51.5 Å². The van der Waals surface area contributed by atoms with Crippen molar-refractivity contribution >= 4 is 23.3 Å². The minimum Gasteiger partial charge on any atom is -0.366 e. The van der Waals surface area contributed by atoms with Gasteiger partial charge in [-0.3, -0.25) is 4.79 Å². The van der Waals surface area contributed by atoms with Crippen molar-refractivity contribution in [3.8, 4) is 0 Å². The summed E-state index contributed by atoms with van der Waals surface area (Å²) in [7, 11) is 0. The van der Waals surface area contributed by atoms with Crippen molar-refractivity contribution < 1.29 is 9.59 Å². The van der Waals surface area contributed by atoms with Crippen molar-refractivity contribution in [3.63, 3.8) is 0 Å². The van der Waals surface area contributed by atoms with Gasteiger partial charge in [0.25, 0.3) is 0 Å². The van der Waals surface area contributed by atoms with Gasteiger partial charge in [-0.25, -0.2) is 9.78 Å². The van der Waals surface area contributed by atoms with E-state index in [9.17, 15) is 9.59 Å². The van der Waals surface area contributed by atoms with Crippen LogP contribution < -0.4 is 16.4 Å². The minimum atomic E-state index is -0.463. The number of hydrogen-bond acceptors (Lipinski definition) is 4. The lowest BCUT2D eigenvalue weighted by atomic mass is 10.1. The van der Waals surface area contributed by atoms with Crippen molar-refractivity contribution in [2.75, 3.05) is 6.54 Å². The second-order valence-corrected chi connectivity index (χ2v) is 5.84. The van der Waals surface area contributed by atoms with Gasteiger partial charge in [-0.1, -0.05) is 12.1 Å². The zero-order valence-electron chi connectivity index (χ0n) is 12.3. The SMILES string of the molecule is Cc1nc(CCNC(=O)NCc2ccc(C(N)=O)cc2)cs1. The molecule has 0 fully saturated rings. The van der Waals surface area contributed by atoms with Gasteiger partial charge in [-0.05, 0) is 24.6 Å². The first-order valence-corrected chi connectivity index (χ1v) is 7.74. The molecule has 1 aromatic heterocycles. The first kappa shape index (κ1) is 16.0. The molecule has 7 heteroatoms. The highest BCUT2D eigenvalue weighted by Gasteiger charge is 2.03. The number of aromatic nitrogens is 1. The molecule has 4 N–H and O–H groups in total. The molecule has 0 bridgehead atoms. The number of rotatable bonds is 6. The molecule has 22 heavy (non-hydrogen) atoms. The smallest absolute Gasteiger partial charge is 0.315 e. The Kier molecular flexibility index (Phi) is 5.48. The van der Waals surface area contributed by atoms with Gasteiger partial charge < -0.3 is 16.4 Å². The summed E-state index contributed by atoms with van der Waals surface area (Å²) in [6.45, 7) is 2.88. The van der Waals surface area contributed by atoms with Gasteiger partial charge in [0.05, 0.1) is 10.7 Å². The summed E-state index contributed by atoms with van der Waals surface area (Å²) in [6.07, 6.45) is 0.713. The molecule has 2 aromatic rings. The fourth-order valence-electron chi connectivity index (χ4n) is 1.86. The third-order valence-electron chi connectivity index (χ3n) is 3.02. The Labute approximate surface area is 132 Å². The quantitative estimate of drug-likeness (QED) is 0.754. The maximum Gasteiger partial charge on any atom is 0.315 e. The fraction of sp³-hybridized carbons (Fsp3) is 0.267. The third-order valence-corrected chi connectivity index (χ3v) is 3.85. The van der Waals surface area contributed by atoms with Crippen LogP contribution in [0.25, 0.3) is 0 Å². The molecule has 0 aliphatic carbocycles. The number of nitrogens with two attached hydrogens (primary N) is 1. The van der Waals surface area contributed by atoms with E-state index in [-0.39, 0.29) is 6.03 Å².